The van der Waals surface area contributed by atoms with Crippen LogP contribution in [0, 0.1) is 5.92 Å². The van der Waals surface area contributed by atoms with E-state index < -0.39 is 0 Å². The predicted molar refractivity (Wildman–Crippen MR) is 73.3 cm³/mol. The summed E-state index contributed by atoms with van der Waals surface area (Å²) in [4.78, 5) is 14.1. The predicted octanol–water partition coefficient (Wildman–Crippen LogP) is 1.78. The van der Waals surface area contributed by atoms with Gasteiger partial charge in [-0.3, -0.25) is 4.79 Å². The fourth-order valence-corrected chi connectivity index (χ4v) is 2.50. The lowest BCUT2D eigenvalue weighted by Gasteiger charge is -2.38. The van der Waals surface area contributed by atoms with E-state index in [1.165, 1.54) is 0 Å². The number of morpholine rings is 1. The first kappa shape index (κ1) is 15.4. The van der Waals surface area contributed by atoms with Crippen molar-refractivity contribution in [2.45, 2.75) is 52.1 Å². The number of hydrogen-bond donors (Lipinski definition) is 1. The number of ether oxygens (including phenoxy) is 1. The van der Waals surface area contributed by atoms with E-state index in [1.54, 1.807) is 0 Å². The SMILES string of the molecule is CCC(CCN)CCC(=O)N1CCOC(C)(C)C1. The Bertz CT molecular complexity index is 267. The molecule has 4 nitrogen and oxygen atoms in total. The summed E-state index contributed by atoms with van der Waals surface area (Å²) in [5, 5.41) is 0. The van der Waals surface area contributed by atoms with Gasteiger partial charge in [0.1, 0.15) is 0 Å². The summed E-state index contributed by atoms with van der Waals surface area (Å²) in [5.74, 6) is 0.856. The summed E-state index contributed by atoms with van der Waals surface area (Å²) < 4.78 is 5.62. The van der Waals surface area contributed by atoms with Crippen molar-refractivity contribution in [3.05, 3.63) is 0 Å². The van der Waals surface area contributed by atoms with E-state index in [0.717, 1.165) is 32.4 Å². The molecule has 1 rings (SSSR count). The lowest BCUT2D eigenvalue weighted by atomic mass is 9.96. The third-order valence-electron chi connectivity index (χ3n) is 3.70. The van der Waals surface area contributed by atoms with E-state index in [9.17, 15) is 4.79 Å². The van der Waals surface area contributed by atoms with E-state index in [0.29, 0.717) is 25.5 Å². The molecular weight excluding hydrogens is 228 g/mol. The summed E-state index contributed by atoms with van der Waals surface area (Å²) in [6.07, 6.45) is 3.75. The maximum Gasteiger partial charge on any atom is 0.222 e. The highest BCUT2D eigenvalue weighted by atomic mass is 16.5. The number of carbonyl (C=O) groups is 1. The molecule has 1 heterocycles. The van der Waals surface area contributed by atoms with Gasteiger partial charge in [0.05, 0.1) is 12.2 Å². The summed E-state index contributed by atoms with van der Waals surface area (Å²) >= 11 is 0. The fraction of sp³-hybridized carbons (Fsp3) is 0.929. The van der Waals surface area contributed by atoms with Crippen molar-refractivity contribution in [3.63, 3.8) is 0 Å². The van der Waals surface area contributed by atoms with Crippen LogP contribution in [0.4, 0.5) is 0 Å². The van der Waals surface area contributed by atoms with Gasteiger partial charge < -0.3 is 15.4 Å². The van der Waals surface area contributed by atoms with Crippen LogP contribution in [0.15, 0.2) is 0 Å². The zero-order chi connectivity index (χ0) is 13.6. The molecule has 1 fully saturated rings. The summed E-state index contributed by atoms with van der Waals surface area (Å²) in [6, 6.07) is 0. The van der Waals surface area contributed by atoms with Crippen LogP contribution in [0.25, 0.3) is 0 Å². The molecule has 0 aliphatic carbocycles. The number of nitrogens with zero attached hydrogens (tertiary/aromatic N) is 1. The normalized spacial score (nSPS) is 20.8. The maximum absolute atomic E-state index is 12.1. The molecule has 4 heteroatoms. The molecule has 2 N–H and O–H groups in total. The van der Waals surface area contributed by atoms with Gasteiger partial charge in [-0.15, -0.1) is 0 Å². The van der Waals surface area contributed by atoms with Gasteiger partial charge in [-0.2, -0.15) is 0 Å². The quantitative estimate of drug-likeness (QED) is 0.788. The second-order valence-corrected chi connectivity index (χ2v) is 5.81. The Morgan fingerprint density at radius 3 is 2.72 bits per heavy atom. The Hall–Kier alpha value is -0.610. The summed E-state index contributed by atoms with van der Waals surface area (Å²) in [5.41, 5.74) is 5.38. The summed E-state index contributed by atoms with van der Waals surface area (Å²) in [6.45, 7) is 9.06. The molecule has 1 atom stereocenters. The monoisotopic (exact) mass is 256 g/mol. The third-order valence-corrected chi connectivity index (χ3v) is 3.70. The molecule has 106 valence electrons. The molecule has 0 aromatic heterocycles. The second kappa shape index (κ2) is 7.10. The molecular formula is C14H28N2O2. The van der Waals surface area contributed by atoms with Crippen LogP contribution in [0.5, 0.6) is 0 Å². The first-order valence-electron chi connectivity index (χ1n) is 7.10. The van der Waals surface area contributed by atoms with Crippen LogP contribution in [-0.4, -0.2) is 42.6 Å². The van der Waals surface area contributed by atoms with Crippen molar-refractivity contribution in [1.82, 2.24) is 4.90 Å². The standard InChI is InChI=1S/C14H28N2O2/c1-4-12(7-8-15)5-6-13(17)16-9-10-18-14(2,3)11-16/h12H,4-11,15H2,1-3H3. The van der Waals surface area contributed by atoms with Crippen LogP contribution in [0.2, 0.25) is 0 Å². The zero-order valence-corrected chi connectivity index (χ0v) is 12.1. The molecule has 1 aliphatic rings. The lowest BCUT2D eigenvalue weighted by molar-refractivity contribution is -0.146. The van der Waals surface area contributed by atoms with Crippen molar-refractivity contribution in [1.29, 1.82) is 0 Å². The Morgan fingerprint density at radius 2 is 2.17 bits per heavy atom. The Kier molecular flexibility index (Phi) is 6.09. The first-order valence-corrected chi connectivity index (χ1v) is 7.10. The molecule has 1 amide bonds. The van der Waals surface area contributed by atoms with Gasteiger partial charge in [0.15, 0.2) is 0 Å². The molecule has 0 spiro atoms. The number of hydrogen-bond acceptors (Lipinski definition) is 3. The second-order valence-electron chi connectivity index (χ2n) is 5.81. The average molecular weight is 256 g/mol. The van der Waals surface area contributed by atoms with E-state index in [2.05, 4.69) is 6.92 Å². The molecule has 1 saturated heterocycles. The molecule has 1 unspecified atom stereocenters. The van der Waals surface area contributed by atoms with Crippen molar-refractivity contribution in [2.24, 2.45) is 11.7 Å². The Balaban J connectivity index is 2.36. The molecule has 0 radical (unpaired) electrons. The van der Waals surface area contributed by atoms with E-state index in [4.69, 9.17) is 10.5 Å². The Labute approximate surface area is 111 Å². The minimum Gasteiger partial charge on any atom is -0.372 e. The van der Waals surface area contributed by atoms with Gasteiger partial charge in [-0.05, 0) is 39.2 Å². The molecule has 18 heavy (non-hydrogen) atoms. The van der Waals surface area contributed by atoms with E-state index in [-0.39, 0.29) is 11.5 Å². The van der Waals surface area contributed by atoms with Crippen LogP contribution >= 0.6 is 0 Å². The number of carbonyl (C=O) groups excluding carboxylic acids is 1. The molecule has 0 aromatic rings. The van der Waals surface area contributed by atoms with Crippen LogP contribution < -0.4 is 5.73 Å². The van der Waals surface area contributed by atoms with E-state index in [1.807, 2.05) is 18.7 Å². The first-order chi connectivity index (χ1) is 8.48. The lowest BCUT2D eigenvalue weighted by Crippen LogP contribution is -2.50. The van der Waals surface area contributed by atoms with Crippen LogP contribution in [-0.2, 0) is 9.53 Å². The van der Waals surface area contributed by atoms with Crippen LogP contribution in [0.3, 0.4) is 0 Å². The fourth-order valence-electron chi connectivity index (χ4n) is 2.50. The minimum absolute atomic E-state index is 0.199. The van der Waals surface area contributed by atoms with Crippen LogP contribution in [0.1, 0.15) is 46.5 Å². The Morgan fingerprint density at radius 1 is 1.44 bits per heavy atom. The number of rotatable bonds is 6. The van der Waals surface area contributed by atoms with Gasteiger partial charge in [0, 0.05) is 19.5 Å². The molecule has 1 aliphatic heterocycles. The van der Waals surface area contributed by atoms with Gasteiger partial charge in [0.2, 0.25) is 5.91 Å². The number of nitrogens with two attached hydrogens (primary N) is 1. The number of amides is 1. The van der Waals surface area contributed by atoms with Gasteiger partial charge in [-0.25, -0.2) is 0 Å². The van der Waals surface area contributed by atoms with Crippen molar-refractivity contribution in [2.75, 3.05) is 26.2 Å². The minimum atomic E-state index is -0.199. The van der Waals surface area contributed by atoms with E-state index >= 15 is 0 Å². The smallest absolute Gasteiger partial charge is 0.222 e. The van der Waals surface area contributed by atoms with Gasteiger partial charge in [0.25, 0.3) is 0 Å². The summed E-state index contributed by atoms with van der Waals surface area (Å²) in [7, 11) is 0. The topological polar surface area (TPSA) is 55.6 Å². The zero-order valence-electron chi connectivity index (χ0n) is 12.1. The van der Waals surface area contributed by atoms with Crippen molar-refractivity contribution in [3.8, 4) is 0 Å². The van der Waals surface area contributed by atoms with Crippen molar-refractivity contribution < 1.29 is 9.53 Å². The third kappa shape index (κ3) is 4.94. The molecule has 0 saturated carbocycles. The average Bonchev–Trinajstić information content (AvgIpc) is 2.32. The highest BCUT2D eigenvalue weighted by molar-refractivity contribution is 5.76. The van der Waals surface area contributed by atoms with Gasteiger partial charge >= 0.3 is 0 Å². The maximum atomic E-state index is 12.1. The van der Waals surface area contributed by atoms with Gasteiger partial charge in [-0.1, -0.05) is 13.3 Å². The molecule has 0 bridgehead atoms. The van der Waals surface area contributed by atoms with Crippen molar-refractivity contribution >= 4 is 5.91 Å². The largest absolute Gasteiger partial charge is 0.372 e. The molecule has 0 aromatic carbocycles. The highest BCUT2D eigenvalue weighted by Crippen LogP contribution is 2.19. The highest BCUT2D eigenvalue weighted by Gasteiger charge is 2.29.